The molecule has 0 spiro atoms. The van der Waals surface area contributed by atoms with Gasteiger partial charge in [0.05, 0.1) is 0 Å². The summed E-state index contributed by atoms with van der Waals surface area (Å²) in [6.45, 7) is 3.58. The molecule has 1 aliphatic heterocycles. The van der Waals surface area contributed by atoms with Gasteiger partial charge < -0.3 is 10.2 Å². The van der Waals surface area contributed by atoms with Gasteiger partial charge in [-0.3, -0.25) is 9.59 Å². The maximum Gasteiger partial charge on any atom is 0.253 e. The molecule has 0 atom stereocenters. The molecule has 2 aromatic carbocycles. The normalized spacial score (nSPS) is 13.7. The van der Waals surface area contributed by atoms with Crippen LogP contribution >= 0.6 is 11.6 Å². The minimum atomic E-state index is -0.0494. The van der Waals surface area contributed by atoms with Crippen LogP contribution in [-0.4, -0.2) is 29.8 Å². The summed E-state index contributed by atoms with van der Waals surface area (Å²) in [6.07, 6.45) is 3.17. The zero-order valence-corrected chi connectivity index (χ0v) is 15.7. The molecular weight excluding hydrogens is 348 g/mol. The Kier molecular flexibility index (Phi) is 5.94. The smallest absolute Gasteiger partial charge is 0.253 e. The molecule has 4 nitrogen and oxygen atoms in total. The molecule has 0 aliphatic carbocycles. The van der Waals surface area contributed by atoms with Crippen LogP contribution < -0.4 is 5.32 Å². The van der Waals surface area contributed by atoms with E-state index in [0.29, 0.717) is 23.4 Å². The van der Waals surface area contributed by atoms with Gasteiger partial charge in [-0.2, -0.15) is 0 Å². The third-order valence-electron chi connectivity index (χ3n) is 4.67. The molecule has 136 valence electrons. The van der Waals surface area contributed by atoms with Crippen molar-refractivity contribution in [2.45, 2.75) is 32.6 Å². The minimum Gasteiger partial charge on any atom is -0.339 e. The summed E-state index contributed by atoms with van der Waals surface area (Å²) in [5.41, 5.74) is 3.36. The van der Waals surface area contributed by atoms with Crippen LogP contribution in [0.4, 0.5) is 5.69 Å². The van der Waals surface area contributed by atoms with Crippen LogP contribution in [-0.2, 0) is 11.2 Å². The van der Waals surface area contributed by atoms with Gasteiger partial charge in [-0.25, -0.2) is 0 Å². The standard InChI is InChI=1S/C21H23ClN2O2/c1-15-13-17(21(26)24-11-2-3-12-24)8-9-19(15)23-20(25)10-7-16-5-4-6-18(22)14-16/h4-6,8-9,13-14H,2-3,7,10-12H2,1H3,(H,23,25). The number of nitrogens with one attached hydrogen (secondary N) is 1. The Morgan fingerprint density at radius 1 is 1.12 bits per heavy atom. The van der Waals surface area contributed by atoms with Gasteiger partial charge in [0, 0.05) is 35.8 Å². The summed E-state index contributed by atoms with van der Waals surface area (Å²) in [6, 6.07) is 13.0. The fraction of sp³-hybridized carbons (Fsp3) is 0.333. The second kappa shape index (κ2) is 8.37. The van der Waals surface area contributed by atoms with Crippen LogP contribution in [0.15, 0.2) is 42.5 Å². The van der Waals surface area contributed by atoms with Crippen LogP contribution in [0.1, 0.15) is 40.7 Å². The Hall–Kier alpha value is -2.33. The predicted octanol–water partition coefficient (Wildman–Crippen LogP) is 4.46. The molecule has 1 aliphatic rings. The fourth-order valence-electron chi connectivity index (χ4n) is 3.20. The van der Waals surface area contributed by atoms with Gasteiger partial charge in [0.15, 0.2) is 0 Å². The molecule has 0 unspecified atom stereocenters. The lowest BCUT2D eigenvalue weighted by atomic mass is 10.1. The van der Waals surface area contributed by atoms with Crippen molar-refractivity contribution in [3.05, 3.63) is 64.2 Å². The van der Waals surface area contributed by atoms with Gasteiger partial charge >= 0.3 is 0 Å². The second-order valence-corrected chi connectivity index (χ2v) is 7.14. The van der Waals surface area contributed by atoms with Gasteiger partial charge in [0.25, 0.3) is 5.91 Å². The number of carbonyl (C=O) groups excluding carboxylic acids is 2. The summed E-state index contributed by atoms with van der Waals surface area (Å²) in [7, 11) is 0. The lowest BCUT2D eigenvalue weighted by Crippen LogP contribution is -2.27. The number of amides is 2. The van der Waals surface area contributed by atoms with Crippen LogP contribution in [0.2, 0.25) is 5.02 Å². The number of benzene rings is 2. The first-order chi connectivity index (χ1) is 12.5. The average Bonchev–Trinajstić information content (AvgIpc) is 3.16. The topological polar surface area (TPSA) is 49.4 Å². The second-order valence-electron chi connectivity index (χ2n) is 6.71. The SMILES string of the molecule is Cc1cc(C(=O)N2CCCC2)ccc1NC(=O)CCc1cccc(Cl)c1. The molecule has 5 heteroatoms. The number of rotatable bonds is 5. The summed E-state index contributed by atoms with van der Waals surface area (Å²) >= 11 is 5.97. The van der Waals surface area contributed by atoms with E-state index in [2.05, 4.69) is 5.32 Å². The molecule has 0 saturated carbocycles. The molecule has 0 aromatic heterocycles. The molecule has 2 amide bonds. The number of nitrogens with zero attached hydrogens (tertiary/aromatic N) is 1. The maximum absolute atomic E-state index is 12.4. The van der Waals surface area contributed by atoms with E-state index in [1.165, 1.54) is 0 Å². The highest BCUT2D eigenvalue weighted by molar-refractivity contribution is 6.30. The Balaban J connectivity index is 1.58. The Bertz CT molecular complexity index is 813. The highest BCUT2D eigenvalue weighted by atomic mass is 35.5. The summed E-state index contributed by atoms with van der Waals surface area (Å²) in [5, 5.41) is 3.61. The van der Waals surface area contributed by atoms with E-state index < -0.39 is 0 Å². The fourth-order valence-corrected chi connectivity index (χ4v) is 3.42. The highest BCUT2D eigenvalue weighted by Gasteiger charge is 2.20. The van der Waals surface area contributed by atoms with Crippen molar-refractivity contribution >= 4 is 29.1 Å². The van der Waals surface area contributed by atoms with E-state index in [4.69, 9.17) is 11.6 Å². The van der Waals surface area contributed by atoms with E-state index in [-0.39, 0.29) is 11.8 Å². The molecule has 1 N–H and O–H groups in total. The van der Waals surface area contributed by atoms with Crippen molar-refractivity contribution in [2.75, 3.05) is 18.4 Å². The molecule has 1 heterocycles. The summed E-state index contributed by atoms with van der Waals surface area (Å²) in [5.74, 6) is 0.0242. The number of carbonyl (C=O) groups is 2. The van der Waals surface area contributed by atoms with E-state index in [1.807, 2.05) is 48.2 Å². The third kappa shape index (κ3) is 4.64. The lowest BCUT2D eigenvalue weighted by Gasteiger charge is -2.16. The molecule has 1 fully saturated rings. The zero-order chi connectivity index (χ0) is 18.5. The van der Waals surface area contributed by atoms with Crippen molar-refractivity contribution in [1.82, 2.24) is 4.90 Å². The van der Waals surface area contributed by atoms with Crippen LogP contribution in [0, 0.1) is 6.92 Å². The van der Waals surface area contributed by atoms with E-state index in [1.54, 1.807) is 6.07 Å². The first-order valence-corrected chi connectivity index (χ1v) is 9.35. The van der Waals surface area contributed by atoms with E-state index in [0.717, 1.165) is 42.7 Å². The van der Waals surface area contributed by atoms with Gasteiger partial charge in [-0.15, -0.1) is 0 Å². The average molecular weight is 371 g/mol. The van der Waals surface area contributed by atoms with Gasteiger partial charge in [-0.1, -0.05) is 23.7 Å². The highest BCUT2D eigenvalue weighted by Crippen LogP contribution is 2.20. The molecule has 0 radical (unpaired) electrons. The zero-order valence-electron chi connectivity index (χ0n) is 14.9. The third-order valence-corrected chi connectivity index (χ3v) is 4.91. The van der Waals surface area contributed by atoms with E-state index >= 15 is 0 Å². The molecule has 26 heavy (non-hydrogen) atoms. The first kappa shape index (κ1) is 18.5. The number of likely N-dealkylation sites (tertiary alicyclic amines) is 1. The molecular formula is C21H23ClN2O2. The van der Waals surface area contributed by atoms with E-state index in [9.17, 15) is 9.59 Å². The monoisotopic (exact) mass is 370 g/mol. The van der Waals surface area contributed by atoms with Gasteiger partial charge in [0.2, 0.25) is 5.91 Å². The van der Waals surface area contributed by atoms with Crippen LogP contribution in [0.3, 0.4) is 0 Å². The quantitative estimate of drug-likeness (QED) is 0.844. The molecule has 1 saturated heterocycles. The van der Waals surface area contributed by atoms with Crippen molar-refractivity contribution in [1.29, 1.82) is 0 Å². The molecule has 3 rings (SSSR count). The van der Waals surface area contributed by atoms with Crippen molar-refractivity contribution in [3.63, 3.8) is 0 Å². The number of aryl methyl sites for hydroxylation is 2. The predicted molar refractivity (Wildman–Crippen MR) is 105 cm³/mol. The van der Waals surface area contributed by atoms with Gasteiger partial charge in [0.1, 0.15) is 0 Å². The maximum atomic E-state index is 12.4. The number of hydrogen-bond acceptors (Lipinski definition) is 2. The number of anilines is 1. The first-order valence-electron chi connectivity index (χ1n) is 8.97. The minimum absolute atomic E-state index is 0.0494. The van der Waals surface area contributed by atoms with Crippen molar-refractivity contribution in [2.24, 2.45) is 0 Å². The van der Waals surface area contributed by atoms with Crippen LogP contribution in [0.25, 0.3) is 0 Å². The number of halogens is 1. The van der Waals surface area contributed by atoms with Crippen molar-refractivity contribution < 1.29 is 9.59 Å². The number of hydrogen-bond donors (Lipinski definition) is 1. The van der Waals surface area contributed by atoms with Crippen molar-refractivity contribution in [3.8, 4) is 0 Å². The Labute approximate surface area is 159 Å². The molecule has 0 bridgehead atoms. The summed E-state index contributed by atoms with van der Waals surface area (Å²) in [4.78, 5) is 26.6. The Morgan fingerprint density at radius 2 is 1.88 bits per heavy atom. The Morgan fingerprint density at radius 3 is 2.58 bits per heavy atom. The molecule has 2 aromatic rings. The summed E-state index contributed by atoms with van der Waals surface area (Å²) < 4.78 is 0. The lowest BCUT2D eigenvalue weighted by molar-refractivity contribution is -0.116. The largest absolute Gasteiger partial charge is 0.339 e. The van der Waals surface area contributed by atoms with Crippen LogP contribution in [0.5, 0.6) is 0 Å². The van der Waals surface area contributed by atoms with Gasteiger partial charge in [-0.05, 0) is 67.6 Å².